The molecule has 1 fully saturated rings. The van der Waals surface area contributed by atoms with Crippen molar-refractivity contribution in [3.05, 3.63) is 47.5 Å². The van der Waals surface area contributed by atoms with Gasteiger partial charge in [-0.2, -0.15) is 10.1 Å². The number of carbonyl (C=O) groups excluding carboxylic acids is 2. The summed E-state index contributed by atoms with van der Waals surface area (Å²) in [6, 6.07) is 7.34. The Labute approximate surface area is 191 Å². The molecule has 5 rings (SSSR count). The van der Waals surface area contributed by atoms with Crippen molar-refractivity contribution >= 4 is 17.6 Å². The van der Waals surface area contributed by atoms with Crippen molar-refractivity contribution in [1.29, 1.82) is 0 Å². The van der Waals surface area contributed by atoms with E-state index in [0.717, 1.165) is 17.0 Å². The largest absolute Gasteiger partial charge is 0.485 e. The Morgan fingerprint density at radius 2 is 1.79 bits per heavy atom. The lowest BCUT2D eigenvalue weighted by atomic mass is 10.1. The van der Waals surface area contributed by atoms with Crippen LogP contribution in [0.5, 0.6) is 11.5 Å². The van der Waals surface area contributed by atoms with Crippen LogP contribution in [0.3, 0.4) is 0 Å². The average molecular weight is 450 g/mol. The molecule has 0 radical (unpaired) electrons. The summed E-state index contributed by atoms with van der Waals surface area (Å²) >= 11 is 0. The molecule has 1 saturated heterocycles. The fraction of sp³-hybridized carbons (Fsp3) is 0.435. The number of carbonyl (C=O) groups is 2. The standard InChI is InChI=1S/C23H26N6O4/c1-15-17(16(2)29-23(26-15)24-14-25-29)7-8-21(30)27-9-11-28(12-10-27)22(31)20-13-32-18-5-3-4-6-19(18)33-20/h3-6,14,20H,7-13H2,1-2H3/t20-/m0/s1. The summed E-state index contributed by atoms with van der Waals surface area (Å²) < 4.78 is 13.2. The molecule has 4 heterocycles. The van der Waals surface area contributed by atoms with Crippen molar-refractivity contribution in [2.24, 2.45) is 0 Å². The second-order valence-corrected chi connectivity index (χ2v) is 8.30. The van der Waals surface area contributed by atoms with Gasteiger partial charge in [0.2, 0.25) is 12.0 Å². The van der Waals surface area contributed by atoms with Gasteiger partial charge in [0.15, 0.2) is 11.5 Å². The van der Waals surface area contributed by atoms with Crippen molar-refractivity contribution in [3.8, 4) is 11.5 Å². The fourth-order valence-electron chi connectivity index (χ4n) is 4.43. The number of piperazine rings is 1. The number of ether oxygens (including phenoxy) is 2. The summed E-state index contributed by atoms with van der Waals surface area (Å²) in [5.41, 5.74) is 2.84. The van der Waals surface area contributed by atoms with Crippen LogP contribution in [0.2, 0.25) is 0 Å². The molecule has 10 heteroatoms. The average Bonchev–Trinajstić information content (AvgIpc) is 3.31. The topological polar surface area (TPSA) is 102 Å². The molecule has 2 aliphatic heterocycles. The quantitative estimate of drug-likeness (QED) is 0.588. The van der Waals surface area contributed by atoms with Gasteiger partial charge in [0, 0.05) is 44.0 Å². The number of nitrogens with zero attached hydrogens (tertiary/aromatic N) is 6. The van der Waals surface area contributed by atoms with Gasteiger partial charge in [-0.1, -0.05) is 12.1 Å². The zero-order valence-electron chi connectivity index (χ0n) is 18.7. The van der Waals surface area contributed by atoms with Crippen LogP contribution in [0.15, 0.2) is 30.6 Å². The fourth-order valence-corrected chi connectivity index (χ4v) is 4.43. The Kier molecular flexibility index (Phi) is 5.57. The number of amides is 2. The molecule has 172 valence electrons. The molecule has 2 aliphatic rings. The summed E-state index contributed by atoms with van der Waals surface area (Å²) in [7, 11) is 0. The third-order valence-corrected chi connectivity index (χ3v) is 6.31. The van der Waals surface area contributed by atoms with E-state index >= 15 is 0 Å². The highest BCUT2D eigenvalue weighted by molar-refractivity contribution is 5.82. The van der Waals surface area contributed by atoms with Gasteiger partial charge in [-0.05, 0) is 38.0 Å². The highest BCUT2D eigenvalue weighted by atomic mass is 16.6. The molecule has 2 amide bonds. The van der Waals surface area contributed by atoms with Crippen molar-refractivity contribution in [2.75, 3.05) is 32.8 Å². The SMILES string of the molecule is Cc1nc2ncnn2c(C)c1CCC(=O)N1CCN(C(=O)[C@@H]2COc3ccccc3O2)CC1. The van der Waals surface area contributed by atoms with Crippen LogP contribution >= 0.6 is 0 Å². The van der Waals surface area contributed by atoms with E-state index in [-0.39, 0.29) is 18.4 Å². The van der Waals surface area contributed by atoms with Gasteiger partial charge in [-0.25, -0.2) is 9.50 Å². The molecule has 0 saturated carbocycles. The number of para-hydroxylation sites is 2. The van der Waals surface area contributed by atoms with Gasteiger partial charge >= 0.3 is 0 Å². The normalized spacial score (nSPS) is 17.9. The Balaban J connectivity index is 1.15. The van der Waals surface area contributed by atoms with Crippen molar-refractivity contribution in [2.45, 2.75) is 32.8 Å². The molecule has 1 atom stereocenters. The highest BCUT2D eigenvalue weighted by Gasteiger charge is 2.33. The summed E-state index contributed by atoms with van der Waals surface area (Å²) in [4.78, 5) is 37.9. The van der Waals surface area contributed by atoms with E-state index in [2.05, 4.69) is 15.1 Å². The summed E-state index contributed by atoms with van der Waals surface area (Å²) in [5.74, 6) is 1.78. The molecule has 10 nitrogen and oxygen atoms in total. The maximum Gasteiger partial charge on any atom is 0.267 e. The minimum atomic E-state index is -0.660. The second kappa shape index (κ2) is 8.68. The molecule has 0 N–H and O–H groups in total. The first-order chi connectivity index (χ1) is 16.0. The Bertz CT molecular complexity index is 1200. The number of fused-ring (bicyclic) bond motifs is 2. The van der Waals surface area contributed by atoms with Crippen molar-refractivity contribution in [3.63, 3.8) is 0 Å². The van der Waals surface area contributed by atoms with Crippen LogP contribution in [0, 0.1) is 13.8 Å². The van der Waals surface area contributed by atoms with Gasteiger partial charge in [-0.3, -0.25) is 9.59 Å². The summed E-state index contributed by atoms with van der Waals surface area (Å²) in [6.45, 7) is 6.07. The molecule has 33 heavy (non-hydrogen) atoms. The summed E-state index contributed by atoms with van der Waals surface area (Å²) in [6.07, 6.45) is 1.79. The number of benzene rings is 1. The lowest BCUT2D eigenvalue weighted by molar-refractivity contribution is -0.146. The first kappa shape index (κ1) is 21.2. The Hall–Kier alpha value is -3.69. The van der Waals surface area contributed by atoms with Gasteiger partial charge in [-0.15, -0.1) is 0 Å². The summed E-state index contributed by atoms with van der Waals surface area (Å²) in [5, 5.41) is 4.20. The van der Waals surface area contributed by atoms with Crippen LogP contribution in [0.1, 0.15) is 23.4 Å². The van der Waals surface area contributed by atoms with Crippen LogP contribution in [-0.4, -0.2) is 80.1 Å². The van der Waals surface area contributed by atoms with E-state index in [0.29, 0.717) is 56.3 Å². The first-order valence-electron chi connectivity index (χ1n) is 11.1. The molecular weight excluding hydrogens is 424 g/mol. The van der Waals surface area contributed by atoms with Crippen LogP contribution in [-0.2, 0) is 16.0 Å². The van der Waals surface area contributed by atoms with Gasteiger partial charge in [0.1, 0.15) is 12.9 Å². The number of aromatic nitrogens is 4. The van der Waals surface area contributed by atoms with Gasteiger partial charge in [0.25, 0.3) is 11.7 Å². The minimum absolute atomic E-state index is 0.0748. The number of rotatable bonds is 4. The number of aryl methyl sites for hydroxylation is 2. The van der Waals surface area contributed by atoms with Gasteiger partial charge in [0.05, 0.1) is 0 Å². The molecular formula is C23H26N6O4. The zero-order valence-corrected chi connectivity index (χ0v) is 18.7. The highest BCUT2D eigenvalue weighted by Crippen LogP contribution is 2.31. The number of hydrogen-bond acceptors (Lipinski definition) is 7. The monoisotopic (exact) mass is 450 g/mol. The van der Waals surface area contributed by atoms with Gasteiger partial charge < -0.3 is 19.3 Å². The molecule has 0 unspecified atom stereocenters. The van der Waals surface area contributed by atoms with Crippen molar-refractivity contribution < 1.29 is 19.1 Å². The maximum atomic E-state index is 12.9. The molecule has 0 aliphatic carbocycles. The predicted molar refractivity (Wildman–Crippen MR) is 118 cm³/mol. The molecule has 3 aromatic rings. The minimum Gasteiger partial charge on any atom is -0.485 e. The van der Waals surface area contributed by atoms with Crippen molar-refractivity contribution in [1.82, 2.24) is 29.4 Å². The van der Waals surface area contributed by atoms with E-state index in [4.69, 9.17) is 9.47 Å². The molecule has 0 bridgehead atoms. The Morgan fingerprint density at radius 1 is 1.06 bits per heavy atom. The van der Waals surface area contributed by atoms with E-state index in [1.165, 1.54) is 6.33 Å². The lowest BCUT2D eigenvalue weighted by Gasteiger charge is -2.37. The van der Waals surface area contributed by atoms with E-state index < -0.39 is 6.10 Å². The number of hydrogen-bond donors (Lipinski definition) is 0. The van der Waals surface area contributed by atoms with Crippen LogP contribution in [0.4, 0.5) is 0 Å². The van der Waals surface area contributed by atoms with Crippen LogP contribution in [0.25, 0.3) is 5.78 Å². The van der Waals surface area contributed by atoms with E-state index in [1.54, 1.807) is 15.5 Å². The predicted octanol–water partition coefficient (Wildman–Crippen LogP) is 1.18. The smallest absolute Gasteiger partial charge is 0.267 e. The Morgan fingerprint density at radius 3 is 2.58 bits per heavy atom. The van der Waals surface area contributed by atoms with E-state index in [9.17, 15) is 9.59 Å². The van der Waals surface area contributed by atoms with E-state index in [1.807, 2.05) is 36.9 Å². The maximum absolute atomic E-state index is 12.9. The first-order valence-corrected chi connectivity index (χ1v) is 11.1. The zero-order chi connectivity index (χ0) is 22.9. The molecule has 0 spiro atoms. The molecule has 2 aromatic heterocycles. The third-order valence-electron chi connectivity index (χ3n) is 6.31. The lowest BCUT2D eigenvalue weighted by Crippen LogP contribution is -2.55. The van der Waals surface area contributed by atoms with Crippen LogP contribution < -0.4 is 9.47 Å². The molecule has 1 aromatic carbocycles. The third kappa shape index (κ3) is 4.08. The second-order valence-electron chi connectivity index (χ2n) is 8.30.